The van der Waals surface area contributed by atoms with Gasteiger partial charge < -0.3 is 14.0 Å². The van der Waals surface area contributed by atoms with E-state index >= 15 is 0 Å². The number of carbonyl (C=O) groups excluding carboxylic acids is 1. The van der Waals surface area contributed by atoms with Crippen LogP contribution in [0.5, 0.6) is 0 Å². The summed E-state index contributed by atoms with van der Waals surface area (Å²) in [6.45, 7) is 8.20. The van der Waals surface area contributed by atoms with Crippen molar-refractivity contribution >= 4 is 18.6 Å². The summed E-state index contributed by atoms with van der Waals surface area (Å²) in [4.78, 5) is 11.1. The van der Waals surface area contributed by atoms with Gasteiger partial charge in [0.1, 0.15) is 0 Å². The van der Waals surface area contributed by atoms with Gasteiger partial charge in [0.15, 0.2) is 0 Å². The van der Waals surface area contributed by atoms with Gasteiger partial charge in [-0.25, -0.2) is 0 Å². The second-order valence-electron chi connectivity index (χ2n) is 6.76. The van der Waals surface area contributed by atoms with E-state index in [0.29, 0.717) is 6.42 Å². The van der Waals surface area contributed by atoms with Crippen molar-refractivity contribution in [1.82, 2.24) is 0 Å². The number of hydrogen-bond donors (Lipinski definition) is 0. The molecule has 0 bridgehead atoms. The van der Waals surface area contributed by atoms with Gasteiger partial charge in [-0.05, 0) is 51.6 Å². The van der Waals surface area contributed by atoms with Crippen LogP contribution in [0.1, 0.15) is 46.1 Å². The summed E-state index contributed by atoms with van der Waals surface area (Å²) in [7, 11) is 1.09. The Hall–Kier alpha value is -1.33. The molecule has 0 amide bonds. The maximum absolute atomic E-state index is 11.1. The predicted molar refractivity (Wildman–Crippen MR) is 87.1 cm³/mol. The molecule has 1 aromatic carbocycles. The van der Waals surface area contributed by atoms with Crippen LogP contribution in [0.15, 0.2) is 24.3 Å². The van der Waals surface area contributed by atoms with Crippen LogP contribution < -0.4 is 5.46 Å². The van der Waals surface area contributed by atoms with Crippen LogP contribution in [0.2, 0.25) is 0 Å². The van der Waals surface area contributed by atoms with Crippen LogP contribution in [-0.4, -0.2) is 31.4 Å². The van der Waals surface area contributed by atoms with Crippen molar-refractivity contribution in [3.8, 4) is 0 Å². The number of hydrogen-bond acceptors (Lipinski definition) is 4. The van der Waals surface area contributed by atoms with Gasteiger partial charge in [0.25, 0.3) is 0 Å². The van der Waals surface area contributed by atoms with Crippen molar-refractivity contribution in [3.05, 3.63) is 29.8 Å². The number of rotatable bonds is 5. The van der Waals surface area contributed by atoms with Crippen LogP contribution >= 0.6 is 0 Å². The molecule has 1 heterocycles. The smallest absolute Gasteiger partial charge is 0.469 e. The molecule has 0 N–H and O–H groups in total. The van der Waals surface area contributed by atoms with Crippen LogP contribution in [0.3, 0.4) is 0 Å². The summed E-state index contributed by atoms with van der Waals surface area (Å²) >= 11 is 0. The maximum atomic E-state index is 11.1. The highest BCUT2D eigenvalue weighted by molar-refractivity contribution is 6.62. The Balaban J connectivity index is 1.94. The van der Waals surface area contributed by atoms with Crippen LogP contribution in [0.4, 0.5) is 0 Å². The summed E-state index contributed by atoms with van der Waals surface area (Å²) < 4.78 is 16.7. The molecule has 1 fully saturated rings. The van der Waals surface area contributed by atoms with Gasteiger partial charge in [0.05, 0.1) is 18.3 Å². The average molecular weight is 304 g/mol. The Morgan fingerprint density at radius 3 is 2.14 bits per heavy atom. The highest BCUT2D eigenvalue weighted by atomic mass is 16.7. The van der Waals surface area contributed by atoms with Crippen LogP contribution in [0, 0.1) is 0 Å². The summed E-state index contributed by atoms with van der Waals surface area (Å²) in [5, 5.41) is 0. The monoisotopic (exact) mass is 304 g/mol. The first-order valence-corrected chi connectivity index (χ1v) is 7.76. The highest BCUT2D eigenvalue weighted by Gasteiger charge is 2.51. The minimum Gasteiger partial charge on any atom is -0.469 e. The lowest BCUT2D eigenvalue weighted by Crippen LogP contribution is -2.41. The number of carbonyl (C=O) groups is 1. The summed E-state index contributed by atoms with van der Waals surface area (Å²) in [6, 6.07) is 8.21. The Morgan fingerprint density at radius 1 is 1.09 bits per heavy atom. The molecule has 0 aliphatic carbocycles. The lowest BCUT2D eigenvalue weighted by Gasteiger charge is -2.32. The molecule has 2 rings (SSSR count). The van der Waals surface area contributed by atoms with Crippen molar-refractivity contribution in [2.45, 2.75) is 58.2 Å². The molecule has 5 heteroatoms. The van der Waals surface area contributed by atoms with E-state index in [1.807, 2.05) is 39.8 Å². The molecule has 0 unspecified atom stereocenters. The van der Waals surface area contributed by atoms with Gasteiger partial charge in [-0.2, -0.15) is 0 Å². The third-order valence-electron chi connectivity index (χ3n) is 4.58. The quantitative estimate of drug-likeness (QED) is 0.619. The number of aryl methyl sites for hydroxylation is 1. The molecule has 0 saturated carbocycles. The first-order chi connectivity index (χ1) is 10.2. The fourth-order valence-electron chi connectivity index (χ4n) is 2.36. The SMILES string of the molecule is COC(=O)CCCc1ccc(B2OC(C)(C)C(C)(C)O2)cc1. The van der Waals surface area contributed by atoms with Crippen LogP contribution in [0.25, 0.3) is 0 Å². The topological polar surface area (TPSA) is 44.8 Å². The molecule has 1 aliphatic rings. The average Bonchev–Trinajstić information content (AvgIpc) is 2.68. The molecule has 0 spiro atoms. The second kappa shape index (κ2) is 6.43. The third kappa shape index (κ3) is 3.71. The van der Waals surface area contributed by atoms with Crippen molar-refractivity contribution in [2.75, 3.05) is 7.11 Å². The molecule has 1 aromatic rings. The Morgan fingerprint density at radius 2 is 1.64 bits per heavy atom. The van der Waals surface area contributed by atoms with E-state index in [4.69, 9.17) is 9.31 Å². The fourth-order valence-corrected chi connectivity index (χ4v) is 2.36. The zero-order valence-electron chi connectivity index (χ0n) is 14.1. The summed E-state index contributed by atoms with van der Waals surface area (Å²) in [5.41, 5.74) is 1.58. The third-order valence-corrected chi connectivity index (χ3v) is 4.58. The molecule has 0 atom stereocenters. The van der Waals surface area contributed by atoms with Gasteiger partial charge in [-0.3, -0.25) is 4.79 Å². The van der Waals surface area contributed by atoms with Crippen molar-refractivity contribution < 1.29 is 18.8 Å². The molecule has 120 valence electrons. The molecule has 0 radical (unpaired) electrons. The van der Waals surface area contributed by atoms with E-state index in [-0.39, 0.29) is 24.3 Å². The Kier molecular flexibility index (Phi) is 4.98. The zero-order valence-corrected chi connectivity index (χ0v) is 14.1. The van der Waals surface area contributed by atoms with E-state index in [1.54, 1.807) is 0 Å². The van der Waals surface area contributed by atoms with Crippen molar-refractivity contribution in [3.63, 3.8) is 0 Å². The van der Waals surface area contributed by atoms with Crippen molar-refractivity contribution in [1.29, 1.82) is 0 Å². The molecule has 1 aliphatic heterocycles. The normalized spacial score (nSPS) is 19.2. The summed E-state index contributed by atoms with van der Waals surface area (Å²) in [5.74, 6) is -0.158. The van der Waals surface area contributed by atoms with E-state index in [2.05, 4.69) is 16.9 Å². The van der Waals surface area contributed by atoms with Crippen LogP contribution in [-0.2, 0) is 25.3 Å². The number of methoxy groups -OCH3 is 1. The number of ether oxygens (including phenoxy) is 1. The maximum Gasteiger partial charge on any atom is 0.494 e. The van der Waals surface area contributed by atoms with E-state index in [9.17, 15) is 4.79 Å². The number of benzene rings is 1. The highest BCUT2D eigenvalue weighted by Crippen LogP contribution is 2.36. The molecular formula is C17H25BO4. The molecule has 22 heavy (non-hydrogen) atoms. The lowest BCUT2D eigenvalue weighted by atomic mass is 9.78. The second-order valence-corrected chi connectivity index (χ2v) is 6.76. The van der Waals surface area contributed by atoms with E-state index in [0.717, 1.165) is 18.3 Å². The Labute approximate surface area is 133 Å². The largest absolute Gasteiger partial charge is 0.494 e. The van der Waals surface area contributed by atoms with Gasteiger partial charge in [-0.1, -0.05) is 24.3 Å². The molecular weight excluding hydrogens is 279 g/mol. The predicted octanol–water partition coefficient (Wildman–Crippen LogP) is 2.48. The van der Waals surface area contributed by atoms with Gasteiger partial charge in [-0.15, -0.1) is 0 Å². The standard InChI is InChI=1S/C17H25BO4/c1-16(2)17(3,4)22-18(21-16)14-11-9-13(10-12-14)7-6-8-15(19)20-5/h9-12H,6-8H2,1-5H3. The molecule has 4 nitrogen and oxygen atoms in total. The fraction of sp³-hybridized carbons (Fsp3) is 0.588. The first kappa shape index (κ1) is 17.0. The lowest BCUT2D eigenvalue weighted by molar-refractivity contribution is -0.140. The zero-order chi connectivity index (χ0) is 16.4. The van der Waals surface area contributed by atoms with Gasteiger partial charge in [0.2, 0.25) is 0 Å². The molecule has 0 aromatic heterocycles. The van der Waals surface area contributed by atoms with Gasteiger partial charge in [0, 0.05) is 6.42 Å². The minimum atomic E-state index is -0.325. The Bertz CT molecular complexity index is 506. The van der Waals surface area contributed by atoms with Gasteiger partial charge >= 0.3 is 13.1 Å². The van der Waals surface area contributed by atoms with Crippen molar-refractivity contribution in [2.24, 2.45) is 0 Å². The van der Waals surface area contributed by atoms with E-state index in [1.165, 1.54) is 12.7 Å². The summed E-state index contributed by atoms with van der Waals surface area (Å²) in [6.07, 6.45) is 2.11. The minimum absolute atomic E-state index is 0.158. The van der Waals surface area contributed by atoms with E-state index < -0.39 is 0 Å². The first-order valence-electron chi connectivity index (χ1n) is 7.76. The molecule has 1 saturated heterocycles. The number of esters is 1.